The van der Waals surface area contributed by atoms with Crippen LogP contribution < -0.4 is 5.32 Å². The molecule has 0 saturated carbocycles. The van der Waals surface area contributed by atoms with Gasteiger partial charge in [-0.1, -0.05) is 0 Å². The van der Waals surface area contributed by atoms with Gasteiger partial charge >= 0.3 is 0 Å². The Labute approximate surface area is 120 Å². The average molecular weight is 280 g/mol. The van der Waals surface area contributed by atoms with Gasteiger partial charge in [0.25, 0.3) is 0 Å². The molecule has 1 amide bonds. The van der Waals surface area contributed by atoms with Crippen molar-refractivity contribution in [3.63, 3.8) is 0 Å². The van der Waals surface area contributed by atoms with Gasteiger partial charge in [-0.15, -0.1) is 0 Å². The summed E-state index contributed by atoms with van der Waals surface area (Å²) < 4.78 is 6.73. The van der Waals surface area contributed by atoms with Gasteiger partial charge in [-0.2, -0.15) is 5.10 Å². The van der Waals surface area contributed by atoms with Crippen molar-refractivity contribution in [1.29, 1.82) is 0 Å². The number of ether oxygens (including phenoxy) is 1. The first-order valence-electron chi connectivity index (χ1n) is 7.23. The monoisotopic (exact) mass is 280 g/mol. The highest BCUT2D eigenvalue weighted by molar-refractivity contribution is 5.75. The van der Waals surface area contributed by atoms with Crippen LogP contribution in [0.25, 0.3) is 0 Å². The highest BCUT2D eigenvalue weighted by Crippen LogP contribution is 2.15. The van der Waals surface area contributed by atoms with Crippen LogP contribution in [-0.2, 0) is 16.1 Å². The van der Waals surface area contributed by atoms with E-state index in [9.17, 15) is 4.79 Å². The molecule has 1 aliphatic rings. The molecule has 112 valence electrons. The summed E-state index contributed by atoms with van der Waals surface area (Å²) in [5, 5.41) is 7.03. The third-order valence-electron chi connectivity index (χ3n) is 3.77. The van der Waals surface area contributed by atoms with Crippen LogP contribution >= 0.6 is 0 Å². The number of methoxy groups -OCH3 is 1. The van der Waals surface area contributed by atoms with Crippen molar-refractivity contribution >= 4 is 5.91 Å². The fourth-order valence-electron chi connectivity index (χ4n) is 2.49. The Hall–Kier alpha value is -1.40. The summed E-state index contributed by atoms with van der Waals surface area (Å²) in [4.78, 5) is 14.2. The Balaban J connectivity index is 1.60. The zero-order valence-electron chi connectivity index (χ0n) is 12.1. The lowest BCUT2D eigenvalue weighted by Gasteiger charge is -2.31. The molecule has 1 aromatic heterocycles. The maximum Gasteiger partial charge on any atom is 0.241 e. The van der Waals surface area contributed by atoms with Gasteiger partial charge < -0.3 is 15.0 Å². The van der Waals surface area contributed by atoms with Crippen molar-refractivity contribution < 1.29 is 9.53 Å². The van der Waals surface area contributed by atoms with Crippen LogP contribution in [-0.4, -0.2) is 60.5 Å². The predicted molar refractivity (Wildman–Crippen MR) is 76.3 cm³/mol. The minimum Gasteiger partial charge on any atom is -0.383 e. The first-order valence-corrected chi connectivity index (χ1v) is 7.23. The second-order valence-corrected chi connectivity index (χ2v) is 5.29. The molecule has 0 bridgehead atoms. The van der Waals surface area contributed by atoms with Crippen molar-refractivity contribution in [1.82, 2.24) is 20.0 Å². The molecule has 0 unspecified atom stereocenters. The molecule has 2 heterocycles. The Bertz CT molecular complexity index is 386. The van der Waals surface area contributed by atoms with Gasteiger partial charge in [0, 0.05) is 32.6 Å². The molecule has 0 atom stereocenters. The summed E-state index contributed by atoms with van der Waals surface area (Å²) in [6.07, 6.45) is 5.77. The van der Waals surface area contributed by atoms with E-state index in [-0.39, 0.29) is 5.91 Å². The lowest BCUT2D eigenvalue weighted by atomic mass is 9.97. The topological polar surface area (TPSA) is 59.4 Å². The standard InChI is InChI=1S/C14H24N4O2/c1-20-10-9-17-7-3-13(4-8-17)11-15-14(19)12-18-6-2-5-16-18/h2,5-6,13H,3-4,7-12H2,1H3,(H,15,19). The van der Waals surface area contributed by atoms with Gasteiger partial charge in [0.2, 0.25) is 5.91 Å². The van der Waals surface area contributed by atoms with Crippen LogP contribution in [0.2, 0.25) is 0 Å². The largest absolute Gasteiger partial charge is 0.383 e. The van der Waals surface area contributed by atoms with Crippen LogP contribution in [0, 0.1) is 5.92 Å². The quantitative estimate of drug-likeness (QED) is 0.783. The maximum atomic E-state index is 11.8. The smallest absolute Gasteiger partial charge is 0.241 e. The molecule has 1 fully saturated rings. The van der Waals surface area contributed by atoms with Gasteiger partial charge in [0.05, 0.1) is 6.61 Å². The first kappa shape index (κ1) is 15.0. The lowest BCUT2D eigenvalue weighted by molar-refractivity contribution is -0.122. The zero-order valence-corrected chi connectivity index (χ0v) is 12.1. The second kappa shape index (κ2) is 8.01. The summed E-state index contributed by atoms with van der Waals surface area (Å²) in [6.45, 7) is 5.09. The average Bonchev–Trinajstić information content (AvgIpc) is 2.97. The molecule has 6 nitrogen and oxygen atoms in total. The highest BCUT2D eigenvalue weighted by Gasteiger charge is 2.19. The van der Waals surface area contributed by atoms with E-state index >= 15 is 0 Å². The molecular formula is C14H24N4O2. The molecule has 1 aromatic rings. The fraction of sp³-hybridized carbons (Fsp3) is 0.714. The number of piperidine rings is 1. The Kier molecular flexibility index (Phi) is 6.01. The SMILES string of the molecule is COCCN1CCC(CNC(=O)Cn2cccn2)CC1. The second-order valence-electron chi connectivity index (χ2n) is 5.29. The number of aromatic nitrogens is 2. The zero-order chi connectivity index (χ0) is 14.2. The summed E-state index contributed by atoms with van der Waals surface area (Å²) >= 11 is 0. The minimum atomic E-state index is 0.0375. The number of carbonyl (C=O) groups excluding carboxylic acids is 1. The lowest BCUT2D eigenvalue weighted by Crippen LogP contribution is -2.40. The summed E-state index contributed by atoms with van der Waals surface area (Å²) in [7, 11) is 1.74. The molecule has 0 aliphatic carbocycles. The third kappa shape index (κ3) is 4.94. The molecule has 1 N–H and O–H groups in total. The van der Waals surface area contributed by atoms with E-state index in [1.54, 1.807) is 24.2 Å². The molecule has 20 heavy (non-hydrogen) atoms. The van der Waals surface area contributed by atoms with Gasteiger partial charge in [-0.3, -0.25) is 9.48 Å². The highest BCUT2D eigenvalue weighted by atomic mass is 16.5. The van der Waals surface area contributed by atoms with Gasteiger partial charge in [0.15, 0.2) is 0 Å². The summed E-state index contributed by atoms with van der Waals surface area (Å²) in [5.74, 6) is 0.630. The number of nitrogens with one attached hydrogen (secondary N) is 1. The van der Waals surface area contributed by atoms with E-state index in [1.807, 2.05) is 6.07 Å². The number of likely N-dealkylation sites (tertiary alicyclic amines) is 1. The number of amides is 1. The van der Waals surface area contributed by atoms with Crippen LogP contribution in [0.1, 0.15) is 12.8 Å². The summed E-state index contributed by atoms with van der Waals surface area (Å²) in [5.41, 5.74) is 0. The number of hydrogen-bond donors (Lipinski definition) is 1. The van der Waals surface area contributed by atoms with Gasteiger partial charge in [-0.05, 0) is 37.9 Å². The van der Waals surface area contributed by atoms with Crippen LogP contribution in [0.4, 0.5) is 0 Å². The van der Waals surface area contributed by atoms with Crippen molar-refractivity contribution in [2.75, 3.05) is 39.9 Å². The van der Waals surface area contributed by atoms with E-state index in [1.165, 1.54) is 0 Å². The van der Waals surface area contributed by atoms with Gasteiger partial charge in [0.1, 0.15) is 6.54 Å². The number of rotatable bonds is 7. The number of hydrogen-bond acceptors (Lipinski definition) is 4. The van der Waals surface area contributed by atoms with Crippen LogP contribution in [0.5, 0.6) is 0 Å². The minimum absolute atomic E-state index is 0.0375. The van der Waals surface area contributed by atoms with Crippen LogP contribution in [0.3, 0.4) is 0 Å². The Morgan fingerprint density at radius 3 is 2.90 bits per heavy atom. The molecule has 0 aromatic carbocycles. The number of nitrogens with zero attached hydrogens (tertiary/aromatic N) is 3. The maximum absolute atomic E-state index is 11.8. The van der Waals surface area contributed by atoms with Crippen molar-refractivity contribution in [3.8, 4) is 0 Å². The third-order valence-corrected chi connectivity index (χ3v) is 3.77. The van der Waals surface area contributed by atoms with E-state index in [2.05, 4.69) is 15.3 Å². The van der Waals surface area contributed by atoms with E-state index in [0.29, 0.717) is 12.5 Å². The normalized spacial score (nSPS) is 17.2. The molecule has 1 saturated heterocycles. The molecule has 0 spiro atoms. The Morgan fingerprint density at radius 1 is 1.45 bits per heavy atom. The molecule has 2 rings (SSSR count). The van der Waals surface area contributed by atoms with Crippen molar-refractivity contribution in [3.05, 3.63) is 18.5 Å². The van der Waals surface area contributed by atoms with E-state index < -0.39 is 0 Å². The molecule has 0 radical (unpaired) electrons. The molecular weight excluding hydrogens is 256 g/mol. The van der Waals surface area contributed by atoms with Crippen molar-refractivity contribution in [2.45, 2.75) is 19.4 Å². The van der Waals surface area contributed by atoms with Crippen molar-refractivity contribution in [2.24, 2.45) is 5.92 Å². The van der Waals surface area contributed by atoms with E-state index in [4.69, 9.17) is 4.74 Å². The van der Waals surface area contributed by atoms with Gasteiger partial charge in [-0.25, -0.2) is 0 Å². The Morgan fingerprint density at radius 2 is 2.25 bits per heavy atom. The predicted octanol–water partition coefficient (Wildman–Crippen LogP) is 0.358. The fourth-order valence-corrected chi connectivity index (χ4v) is 2.49. The van der Waals surface area contributed by atoms with Crippen LogP contribution in [0.15, 0.2) is 18.5 Å². The molecule has 1 aliphatic heterocycles. The number of carbonyl (C=O) groups is 1. The first-order chi connectivity index (χ1) is 9.78. The van der Waals surface area contributed by atoms with E-state index in [0.717, 1.165) is 45.6 Å². The summed E-state index contributed by atoms with van der Waals surface area (Å²) in [6, 6.07) is 1.82. The molecule has 6 heteroatoms.